The molecule has 2 aromatic rings. The molecular formula is C14H6ClF3NO5-. The Morgan fingerprint density at radius 1 is 1.17 bits per heavy atom. The topological polar surface area (TPSA) is 92.5 Å². The van der Waals surface area contributed by atoms with Gasteiger partial charge in [-0.1, -0.05) is 17.7 Å². The normalized spacial score (nSPS) is 11.2. The molecule has 0 aliphatic rings. The molecule has 10 heteroatoms. The Morgan fingerprint density at radius 3 is 2.33 bits per heavy atom. The first-order valence-electron chi connectivity index (χ1n) is 6.14. The van der Waals surface area contributed by atoms with Gasteiger partial charge in [-0.25, -0.2) is 0 Å². The average molecular weight is 361 g/mol. The second-order valence-corrected chi connectivity index (χ2v) is 4.85. The minimum atomic E-state index is -4.62. The van der Waals surface area contributed by atoms with Crippen molar-refractivity contribution in [3.8, 4) is 11.5 Å². The Morgan fingerprint density at radius 2 is 1.83 bits per heavy atom. The number of rotatable bonds is 4. The van der Waals surface area contributed by atoms with Crippen LogP contribution in [0.25, 0.3) is 0 Å². The van der Waals surface area contributed by atoms with Crippen molar-refractivity contribution in [3.05, 3.63) is 62.7 Å². The lowest BCUT2D eigenvalue weighted by Crippen LogP contribution is -2.23. The maximum absolute atomic E-state index is 12.6. The van der Waals surface area contributed by atoms with Gasteiger partial charge >= 0.3 is 11.9 Å². The second-order valence-electron chi connectivity index (χ2n) is 4.44. The molecule has 2 aromatic carbocycles. The van der Waals surface area contributed by atoms with Crippen molar-refractivity contribution in [2.24, 2.45) is 0 Å². The minimum absolute atomic E-state index is 0.303. The van der Waals surface area contributed by atoms with E-state index in [1.807, 2.05) is 0 Å². The highest BCUT2D eigenvalue weighted by atomic mass is 35.5. The maximum atomic E-state index is 12.6. The Hall–Kier alpha value is -2.81. The predicted octanol–water partition coefficient (Wildman–Crippen LogP) is 3.42. The molecule has 126 valence electrons. The standard InChI is InChI=1S/C14H7ClF3NO5/c15-9-6-7(14(16,17)18)4-5-10(9)24-11-3-1-2-8(13(20)21)12(11)19(22)23/h1-6H,(H,20,21)/p-1. The average Bonchev–Trinajstić information content (AvgIpc) is 2.47. The first kappa shape index (κ1) is 17.5. The third-order valence-electron chi connectivity index (χ3n) is 2.88. The van der Waals surface area contributed by atoms with E-state index in [0.717, 1.165) is 24.3 Å². The highest BCUT2D eigenvalue weighted by Gasteiger charge is 2.31. The van der Waals surface area contributed by atoms with E-state index in [2.05, 4.69) is 0 Å². The van der Waals surface area contributed by atoms with Crippen molar-refractivity contribution in [2.45, 2.75) is 6.18 Å². The van der Waals surface area contributed by atoms with Crippen molar-refractivity contribution < 1.29 is 32.7 Å². The van der Waals surface area contributed by atoms with Gasteiger partial charge in [0.25, 0.3) is 0 Å². The van der Waals surface area contributed by atoms with E-state index in [0.29, 0.717) is 12.1 Å². The van der Waals surface area contributed by atoms with Crippen LogP contribution < -0.4 is 9.84 Å². The molecule has 0 saturated heterocycles. The first-order chi connectivity index (χ1) is 11.1. The van der Waals surface area contributed by atoms with Crippen molar-refractivity contribution in [1.82, 2.24) is 0 Å². The van der Waals surface area contributed by atoms with Crippen molar-refractivity contribution in [3.63, 3.8) is 0 Å². The molecule has 0 atom stereocenters. The lowest BCUT2D eigenvalue weighted by molar-refractivity contribution is -0.386. The van der Waals surface area contributed by atoms with E-state index in [-0.39, 0.29) is 5.75 Å². The number of hydrogen-bond acceptors (Lipinski definition) is 5. The number of nitro groups is 1. The number of nitrogens with zero attached hydrogens (tertiary/aromatic N) is 1. The second kappa shape index (κ2) is 6.36. The molecule has 0 unspecified atom stereocenters. The van der Waals surface area contributed by atoms with Gasteiger partial charge < -0.3 is 14.6 Å². The van der Waals surface area contributed by atoms with Gasteiger partial charge in [-0.05, 0) is 30.3 Å². The van der Waals surface area contributed by atoms with E-state index in [1.54, 1.807) is 0 Å². The van der Waals surface area contributed by atoms with Crippen LogP contribution in [0.3, 0.4) is 0 Å². The van der Waals surface area contributed by atoms with Crippen molar-refractivity contribution in [1.29, 1.82) is 0 Å². The highest BCUT2D eigenvalue weighted by Crippen LogP contribution is 2.39. The van der Waals surface area contributed by atoms with Crippen LogP contribution in [0.2, 0.25) is 5.02 Å². The number of ether oxygens (including phenoxy) is 1. The fourth-order valence-electron chi connectivity index (χ4n) is 1.84. The number of aromatic carboxylic acids is 1. The van der Waals surface area contributed by atoms with E-state index in [4.69, 9.17) is 16.3 Å². The molecule has 6 nitrogen and oxygen atoms in total. The zero-order valence-electron chi connectivity index (χ0n) is 11.5. The van der Waals surface area contributed by atoms with Crippen LogP contribution in [-0.2, 0) is 6.18 Å². The summed E-state index contributed by atoms with van der Waals surface area (Å²) in [6, 6.07) is 5.32. The van der Waals surface area contributed by atoms with Crippen LogP contribution in [0, 0.1) is 10.1 Å². The molecule has 0 radical (unpaired) electrons. The van der Waals surface area contributed by atoms with Crippen LogP contribution in [-0.4, -0.2) is 10.9 Å². The summed E-state index contributed by atoms with van der Waals surface area (Å²) in [5.41, 5.74) is -2.66. The Kier molecular flexibility index (Phi) is 4.65. The summed E-state index contributed by atoms with van der Waals surface area (Å²) >= 11 is 5.70. The molecule has 2 rings (SSSR count). The molecule has 0 N–H and O–H groups in total. The van der Waals surface area contributed by atoms with Crippen LogP contribution in [0.4, 0.5) is 18.9 Å². The first-order valence-corrected chi connectivity index (χ1v) is 6.52. The summed E-state index contributed by atoms with van der Waals surface area (Å²) in [5, 5.41) is 21.5. The molecule has 0 heterocycles. The van der Waals surface area contributed by atoms with Crippen LogP contribution in [0.5, 0.6) is 11.5 Å². The number of halogens is 4. The Labute approximate surface area is 137 Å². The molecular weight excluding hydrogens is 355 g/mol. The number of carboxylic acid groups (broad SMARTS) is 1. The third kappa shape index (κ3) is 3.57. The summed E-state index contributed by atoms with van der Waals surface area (Å²) < 4.78 is 42.9. The predicted molar refractivity (Wildman–Crippen MR) is 74.0 cm³/mol. The lowest BCUT2D eigenvalue weighted by Gasteiger charge is -2.12. The molecule has 0 aliphatic carbocycles. The number of benzene rings is 2. The fraction of sp³-hybridized carbons (Fsp3) is 0.0714. The number of hydrogen-bond donors (Lipinski definition) is 0. The van der Waals surface area contributed by atoms with Crippen molar-refractivity contribution >= 4 is 23.3 Å². The number of nitro benzene ring substituents is 1. The molecule has 0 aliphatic heterocycles. The smallest absolute Gasteiger partial charge is 0.416 e. The van der Waals surface area contributed by atoms with Crippen molar-refractivity contribution in [2.75, 3.05) is 0 Å². The minimum Gasteiger partial charge on any atom is -0.545 e. The number of carbonyl (C=O) groups excluding carboxylic acids is 1. The third-order valence-corrected chi connectivity index (χ3v) is 3.18. The zero-order valence-corrected chi connectivity index (χ0v) is 12.2. The molecule has 24 heavy (non-hydrogen) atoms. The molecule has 0 saturated carbocycles. The van der Waals surface area contributed by atoms with E-state index < -0.39 is 44.7 Å². The quantitative estimate of drug-likeness (QED) is 0.615. The Bertz CT molecular complexity index is 823. The molecule has 0 amide bonds. The molecule has 0 bridgehead atoms. The van der Waals surface area contributed by atoms with Crippen LogP contribution >= 0.6 is 11.6 Å². The Balaban J connectivity index is 2.47. The molecule has 0 fully saturated rings. The summed E-state index contributed by atoms with van der Waals surface area (Å²) in [6.45, 7) is 0. The van der Waals surface area contributed by atoms with Gasteiger partial charge in [0.1, 0.15) is 5.75 Å². The molecule has 0 spiro atoms. The van der Waals surface area contributed by atoms with Crippen LogP contribution in [0.15, 0.2) is 36.4 Å². The number of alkyl halides is 3. The fourth-order valence-corrected chi connectivity index (χ4v) is 2.06. The largest absolute Gasteiger partial charge is 0.545 e. The van der Waals surface area contributed by atoms with Gasteiger partial charge in [0, 0.05) is 0 Å². The number of carbonyl (C=O) groups is 1. The summed E-state index contributed by atoms with van der Waals surface area (Å²) in [6.07, 6.45) is -4.62. The lowest BCUT2D eigenvalue weighted by atomic mass is 10.1. The van der Waals surface area contributed by atoms with Gasteiger partial charge in [-0.3, -0.25) is 10.1 Å². The van der Waals surface area contributed by atoms with Gasteiger partial charge in [-0.2, -0.15) is 13.2 Å². The van der Waals surface area contributed by atoms with Crippen LogP contribution in [0.1, 0.15) is 15.9 Å². The van der Waals surface area contributed by atoms with E-state index in [9.17, 15) is 33.2 Å². The maximum Gasteiger partial charge on any atom is 0.416 e. The summed E-state index contributed by atoms with van der Waals surface area (Å²) in [5.74, 6) is -2.60. The highest BCUT2D eigenvalue weighted by molar-refractivity contribution is 6.32. The number of para-hydroxylation sites is 1. The SMILES string of the molecule is O=C([O-])c1cccc(Oc2ccc(C(F)(F)F)cc2Cl)c1[N+](=O)[O-]. The zero-order chi connectivity index (χ0) is 18.1. The summed E-state index contributed by atoms with van der Waals surface area (Å²) in [7, 11) is 0. The van der Waals surface area contributed by atoms with E-state index in [1.165, 1.54) is 0 Å². The number of carboxylic acids is 1. The summed E-state index contributed by atoms with van der Waals surface area (Å²) in [4.78, 5) is 21.0. The van der Waals surface area contributed by atoms with E-state index >= 15 is 0 Å². The monoisotopic (exact) mass is 360 g/mol. The molecule has 0 aromatic heterocycles. The van der Waals surface area contributed by atoms with Gasteiger partial charge in [-0.15, -0.1) is 0 Å². The van der Waals surface area contributed by atoms with Gasteiger partial charge in [0.05, 0.1) is 27.0 Å². The van der Waals surface area contributed by atoms with Gasteiger partial charge in [0.15, 0.2) is 0 Å². The van der Waals surface area contributed by atoms with Gasteiger partial charge in [0.2, 0.25) is 5.75 Å².